The van der Waals surface area contributed by atoms with Crippen LogP contribution in [0.3, 0.4) is 0 Å². The predicted molar refractivity (Wildman–Crippen MR) is 70.2 cm³/mol. The van der Waals surface area contributed by atoms with Crippen molar-refractivity contribution in [3.8, 4) is 0 Å². The van der Waals surface area contributed by atoms with Crippen LogP contribution in [0.15, 0.2) is 12.7 Å². The minimum absolute atomic E-state index is 0.377. The van der Waals surface area contributed by atoms with E-state index < -0.39 is 29.3 Å². The first-order valence-corrected chi connectivity index (χ1v) is 5.95. The minimum Gasteiger partial charge on any atom is -0.444 e. The van der Waals surface area contributed by atoms with Gasteiger partial charge in [-0.25, -0.2) is 4.79 Å². The van der Waals surface area contributed by atoms with Gasteiger partial charge in [0.25, 0.3) is 0 Å². The minimum atomic E-state index is -0.951. The second-order valence-electron chi connectivity index (χ2n) is 5.91. The van der Waals surface area contributed by atoms with Crippen molar-refractivity contribution in [1.82, 2.24) is 5.32 Å². The molecule has 0 rings (SSSR count). The van der Waals surface area contributed by atoms with E-state index in [2.05, 4.69) is 11.9 Å². The lowest BCUT2D eigenvalue weighted by molar-refractivity contribution is 0.00920. The molecule has 0 radical (unpaired) electrons. The van der Waals surface area contributed by atoms with Crippen LogP contribution in [0.5, 0.6) is 0 Å². The number of aliphatic hydroxyl groups is 2. The van der Waals surface area contributed by atoms with Crippen LogP contribution in [0.4, 0.5) is 4.79 Å². The first-order valence-electron chi connectivity index (χ1n) is 5.95. The Hall–Kier alpha value is -1.07. The Kier molecular flexibility index (Phi) is 5.83. The average molecular weight is 259 g/mol. The largest absolute Gasteiger partial charge is 0.444 e. The molecule has 0 unspecified atom stereocenters. The number of alkyl carbamates (subject to hydrolysis) is 1. The van der Waals surface area contributed by atoms with Gasteiger partial charge in [-0.3, -0.25) is 0 Å². The van der Waals surface area contributed by atoms with E-state index in [1.165, 1.54) is 0 Å². The van der Waals surface area contributed by atoms with Crippen molar-refractivity contribution in [2.24, 2.45) is 5.41 Å². The topological polar surface area (TPSA) is 78.8 Å². The highest BCUT2D eigenvalue weighted by Crippen LogP contribution is 2.24. The van der Waals surface area contributed by atoms with Crippen molar-refractivity contribution in [2.75, 3.05) is 6.61 Å². The monoisotopic (exact) mass is 259 g/mol. The number of carbonyl (C=O) groups is 1. The average Bonchev–Trinajstić information content (AvgIpc) is 2.22. The van der Waals surface area contributed by atoms with Crippen LogP contribution in [0.1, 0.15) is 34.6 Å². The number of ether oxygens (including phenoxy) is 1. The van der Waals surface area contributed by atoms with Gasteiger partial charge in [-0.1, -0.05) is 19.9 Å². The molecule has 0 aromatic rings. The van der Waals surface area contributed by atoms with Crippen molar-refractivity contribution in [2.45, 2.75) is 52.4 Å². The van der Waals surface area contributed by atoms with Crippen LogP contribution in [-0.2, 0) is 4.74 Å². The molecule has 0 saturated carbocycles. The summed E-state index contributed by atoms with van der Waals surface area (Å²) < 4.78 is 5.07. The Labute approximate surface area is 109 Å². The van der Waals surface area contributed by atoms with Crippen molar-refractivity contribution in [3.63, 3.8) is 0 Å². The highest BCUT2D eigenvalue weighted by molar-refractivity contribution is 5.68. The Morgan fingerprint density at radius 2 is 1.89 bits per heavy atom. The smallest absolute Gasteiger partial charge is 0.408 e. The van der Waals surface area contributed by atoms with E-state index in [-0.39, 0.29) is 6.61 Å². The van der Waals surface area contributed by atoms with Gasteiger partial charge in [-0.05, 0) is 20.8 Å². The zero-order valence-corrected chi connectivity index (χ0v) is 11.9. The molecule has 5 heteroatoms. The lowest BCUT2D eigenvalue weighted by atomic mass is 9.83. The number of hydrogen-bond donors (Lipinski definition) is 3. The molecule has 0 saturated heterocycles. The third-order valence-corrected chi connectivity index (χ3v) is 2.57. The second kappa shape index (κ2) is 6.20. The Balaban J connectivity index is 4.62. The summed E-state index contributed by atoms with van der Waals surface area (Å²) in [6.07, 6.45) is -0.0372. The fourth-order valence-corrected chi connectivity index (χ4v) is 1.32. The molecule has 0 aromatic heterocycles. The van der Waals surface area contributed by atoms with Gasteiger partial charge in [-0.15, -0.1) is 6.58 Å². The molecule has 5 nitrogen and oxygen atoms in total. The summed E-state index contributed by atoms with van der Waals surface area (Å²) in [4.78, 5) is 11.6. The number of nitrogens with one attached hydrogen (secondary N) is 1. The zero-order valence-electron chi connectivity index (χ0n) is 11.9. The quantitative estimate of drug-likeness (QED) is 0.653. The van der Waals surface area contributed by atoms with Crippen LogP contribution in [0, 0.1) is 5.41 Å². The molecule has 2 atom stereocenters. The third kappa shape index (κ3) is 5.51. The van der Waals surface area contributed by atoms with Gasteiger partial charge in [0.1, 0.15) is 5.60 Å². The normalized spacial score (nSPS) is 15.7. The number of hydrogen-bond acceptors (Lipinski definition) is 4. The molecule has 1 amide bonds. The zero-order chi connectivity index (χ0) is 14.6. The molecule has 106 valence electrons. The molecule has 0 fully saturated rings. The molecular weight excluding hydrogens is 234 g/mol. The predicted octanol–water partition coefficient (Wildman–Crippen LogP) is 1.45. The summed E-state index contributed by atoms with van der Waals surface area (Å²) >= 11 is 0. The Morgan fingerprint density at radius 3 is 2.22 bits per heavy atom. The number of carbonyl (C=O) groups excluding carboxylic acids is 1. The molecule has 0 heterocycles. The van der Waals surface area contributed by atoms with Crippen LogP contribution in [0.25, 0.3) is 0 Å². The SMILES string of the molecule is C=CC(C)(C)[C@@H](O)[C@H](CO)NC(=O)OC(C)(C)C. The maximum absolute atomic E-state index is 11.6. The van der Waals surface area contributed by atoms with E-state index in [9.17, 15) is 15.0 Å². The lowest BCUT2D eigenvalue weighted by Crippen LogP contribution is -2.52. The number of amides is 1. The summed E-state index contributed by atoms with van der Waals surface area (Å²) in [5.41, 5.74) is -1.24. The van der Waals surface area contributed by atoms with Crippen LogP contribution in [-0.4, -0.2) is 40.7 Å². The Morgan fingerprint density at radius 1 is 1.39 bits per heavy atom. The fourth-order valence-electron chi connectivity index (χ4n) is 1.32. The van der Waals surface area contributed by atoms with Gasteiger partial charge in [0, 0.05) is 5.41 Å². The summed E-state index contributed by atoms with van der Waals surface area (Å²) in [6.45, 7) is 12.0. The fraction of sp³-hybridized carbons (Fsp3) is 0.769. The molecule has 18 heavy (non-hydrogen) atoms. The summed E-state index contributed by atoms with van der Waals surface area (Å²) in [7, 11) is 0. The maximum Gasteiger partial charge on any atom is 0.408 e. The second-order valence-corrected chi connectivity index (χ2v) is 5.91. The van der Waals surface area contributed by atoms with Crippen molar-refractivity contribution >= 4 is 6.09 Å². The highest BCUT2D eigenvalue weighted by atomic mass is 16.6. The molecule has 0 spiro atoms. The molecule has 0 aromatic carbocycles. The van der Waals surface area contributed by atoms with Gasteiger partial charge in [0.15, 0.2) is 0 Å². The number of aliphatic hydroxyl groups excluding tert-OH is 2. The van der Waals surface area contributed by atoms with Gasteiger partial charge in [0.2, 0.25) is 0 Å². The van der Waals surface area contributed by atoms with E-state index in [4.69, 9.17) is 4.74 Å². The standard InChI is InChI=1S/C13H25NO4/c1-7-13(5,6)10(16)9(8-15)14-11(17)18-12(2,3)4/h7,9-10,15-16H,1,8H2,2-6H3,(H,14,17)/t9-,10-/m0/s1. The summed E-state index contributed by atoms with van der Waals surface area (Å²) in [5.74, 6) is 0. The highest BCUT2D eigenvalue weighted by Gasteiger charge is 2.33. The van der Waals surface area contributed by atoms with Gasteiger partial charge in [0.05, 0.1) is 18.8 Å². The summed E-state index contributed by atoms with van der Waals surface area (Å²) in [5, 5.41) is 21.8. The van der Waals surface area contributed by atoms with Crippen molar-refractivity contribution in [1.29, 1.82) is 0 Å². The van der Waals surface area contributed by atoms with E-state index in [0.717, 1.165) is 0 Å². The first kappa shape index (κ1) is 16.9. The van der Waals surface area contributed by atoms with E-state index >= 15 is 0 Å². The molecule has 0 aliphatic heterocycles. The maximum atomic E-state index is 11.6. The number of rotatable bonds is 5. The molecule has 0 aliphatic rings. The molecular formula is C13H25NO4. The van der Waals surface area contributed by atoms with E-state index in [1.54, 1.807) is 40.7 Å². The van der Waals surface area contributed by atoms with Crippen LogP contribution < -0.4 is 5.32 Å². The Bertz CT molecular complexity index is 294. The van der Waals surface area contributed by atoms with E-state index in [0.29, 0.717) is 0 Å². The van der Waals surface area contributed by atoms with Crippen LogP contribution in [0.2, 0.25) is 0 Å². The first-order chi connectivity index (χ1) is 8.03. The van der Waals surface area contributed by atoms with Crippen molar-refractivity contribution < 1.29 is 19.7 Å². The van der Waals surface area contributed by atoms with E-state index in [1.807, 2.05) is 0 Å². The lowest BCUT2D eigenvalue weighted by Gasteiger charge is -2.33. The van der Waals surface area contributed by atoms with Crippen molar-refractivity contribution in [3.05, 3.63) is 12.7 Å². The molecule has 0 aliphatic carbocycles. The third-order valence-electron chi connectivity index (χ3n) is 2.57. The van der Waals surface area contributed by atoms with Gasteiger partial charge < -0.3 is 20.3 Å². The van der Waals surface area contributed by atoms with Gasteiger partial charge >= 0.3 is 6.09 Å². The summed E-state index contributed by atoms with van der Waals surface area (Å²) in [6, 6.07) is -0.798. The van der Waals surface area contributed by atoms with Crippen LogP contribution >= 0.6 is 0 Å². The van der Waals surface area contributed by atoms with Gasteiger partial charge in [-0.2, -0.15) is 0 Å². The molecule has 0 bridgehead atoms. The molecule has 3 N–H and O–H groups in total.